The van der Waals surface area contributed by atoms with Crippen molar-refractivity contribution in [1.29, 1.82) is 0 Å². The van der Waals surface area contributed by atoms with Gasteiger partial charge in [-0.3, -0.25) is 9.59 Å². The highest BCUT2D eigenvalue weighted by molar-refractivity contribution is 5.89. The molecule has 2 aromatic carbocycles. The summed E-state index contributed by atoms with van der Waals surface area (Å²) in [4.78, 5) is 25.3. The molecule has 2 amide bonds. The lowest BCUT2D eigenvalue weighted by Crippen LogP contribution is -2.45. The van der Waals surface area contributed by atoms with Crippen LogP contribution >= 0.6 is 0 Å². The van der Waals surface area contributed by atoms with E-state index in [9.17, 15) is 9.59 Å². The van der Waals surface area contributed by atoms with Gasteiger partial charge in [0.25, 0.3) is 0 Å². The minimum absolute atomic E-state index is 0.0222. The summed E-state index contributed by atoms with van der Waals surface area (Å²) in [5, 5.41) is 5.92. The Morgan fingerprint density at radius 2 is 1.57 bits per heavy atom. The second-order valence-electron chi connectivity index (χ2n) is 7.92. The second-order valence-corrected chi connectivity index (χ2v) is 7.92. The molecule has 158 valence electrons. The molecule has 0 spiro atoms. The molecular weight excluding hydrogens is 380 g/mol. The predicted molar refractivity (Wildman–Crippen MR) is 114 cm³/mol. The number of nitrogens with one attached hydrogen (secondary N) is 2. The Morgan fingerprint density at radius 3 is 2.33 bits per heavy atom. The first-order valence-corrected chi connectivity index (χ1v) is 10.7. The summed E-state index contributed by atoms with van der Waals surface area (Å²) in [6.45, 7) is 1.90. The van der Waals surface area contributed by atoms with E-state index in [0.717, 1.165) is 42.6 Å². The maximum absolute atomic E-state index is 13.2. The van der Waals surface area contributed by atoms with Crippen molar-refractivity contribution < 1.29 is 19.1 Å². The lowest BCUT2D eigenvalue weighted by Gasteiger charge is -2.30. The van der Waals surface area contributed by atoms with Gasteiger partial charge in [-0.15, -0.1) is 0 Å². The van der Waals surface area contributed by atoms with E-state index >= 15 is 0 Å². The van der Waals surface area contributed by atoms with Gasteiger partial charge in [-0.1, -0.05) is 49.2 Å². The smallest absolute Gasteiger partial charge is 0.230 e. The van der Waals surface area contributed by atoms with E-state index in [1.165, 1.54) is 0 Å². The van der Waals surface area contributed by atoms with Crippen molar-refractivity contribution in [3.05, 3.63) is 59.7 Å². The zero-order chi connectivity index (χ0) is 20.8. The van der Waals surface area contributed by atoms with E-state index < -0.39 is 5.41 Å². The van der Waals surface area contributed by atoms with Gasteiger partial charge in [0.1, 0.15) is 13.2 Å². The van der Waals surface area contributed by atoms with E-state index in [1.807, 2.05) is 48.5 Å². The minimum Gasteiger partial charge on any atom is -0.486 e. The molecule has 0 aromatic heterocycles. The van der Waals surface area contributed by atoms with E-state index in [4.69, 9.17) is 9.47 Å². The summed E-state index contributed by atoms with van der Waals surface area (Å²) in [5.41, 5.74) is 1.42. The molecule has 0 bridgehead atoms. The molecule has 0 saturated heterocycles. The first-order chi connectivity index (χ1) is 14.7. The number of rotatable bonds is 7. The lowest BCUT2D eigenvalue weighted by molar-refractivity contribution is -0.127. The summed E-state index contributed by atoms with van der Waals surface area (Å²) >= 11 is 0. The van der Waals surface area contributed by atoms with Crippen LogP contribution in [0.2, 0.25) is 0 Å². The van der Waals surface area contributed by atoms with Gasteiger partial charge < -0.3 is 20.1 Å². The third-order valence-electron chi connectivity index (χ3n) is 5.93. The molecule has 30 heavy (non-hydrogen) atoms. The van der Waals surface area contributed by atoms with Crippen molar-refractivity contribution in [2.45, 2.75) is 37.5 Å². The van der Waals surface area contributed by atoms with Crippen LogP contribution in [0.5, 0.6) is 11.5 Å². The number of amides is 2. The average molecular weight is 408 g/mol. The molecule has 1 aliphatic heterocycles. The van der Waals surface area contributed by atoms with Gasteiger partial charge in [-0.2, -0.15) is 0 Å². The van der Waals surface area contributed by atoms with Crippen LogP contribution in [0, 0.1) is 0 Å². The Balaban J connectivity index is 1.33. The van der Waals surface area contributed by atoms with Crippen LogP contribution in [0.1, 0.15) is 36.8 Å². The number of carbonyl (C=O) groups excluding carboxylic acids is 2. The van der Waals surface area contributed by atoms with Crippen LogP contribution < -0.4 is 20.1 Å². The summed E-state index contributed by atoms with van der Waals surface area (Å²) in [6.07, 6.45) is 4.03. The van der Waals surface area contributed by atoms with Gasteiger partial charge in [0, 0.05) is 13.1 Å². The van der Waals surface area contributed by atoms with Crippen LogP contribution in [0.15, 0.2) is 48.5 Å². The SMILES string of the molecule is O=C(Cc1ccccc1)NCCNC(=O)C1(c2ccc3c(c2)OCCO3)CCCC1. The molecule has 1 fully saturated rings. The second kappa shape index (κ2) is 9.20. The fourth-order valence-electron chi connectivity index (χ4n) is 4.36. The van der Waals surface area contributed by atoms with Gasteiger partial charge in [-0.05, 0) is 36.1 Å². The molecular formula is C24H28N2O4. The van der Waals surface area contributed by atoms with Crippen LogP contribution in [0.25, 0.3) is 0 Å². The topological polar surface area (TPSA) is 76.7 Å². The number of carbonyl (C=O) groups is 2. The maximum atomic E-state index is 13.2. The van der Waals surface area contributed by atoms with Gasteiger partial charge in [0.05, 0.1) is 11.8 Å². The van der Waals surface area contributed by atoms with Gasteiger partial charge >= 0.3 is 0 Å². The standard InChI is InChI=1S/C24H28N2O4/c27-22(16-18-6-2-1-3-7-18)25-12-13-26-23(28)24(10-4-5-11-24)19-8-9-20-21(17-19)30-15-14-29-20/h1-3,6-9,17H,4-5,10-16H2,(H,25,27)(H,26,28). The minimum atomic E-state index is -0.538. The Morgan fingerprint density at radius 1 is 0.867 bits per heavy atom. The highest BCUT2D eigenvalue weighted by Crippen LogP contribution is 2.44. The predicted octanol–water partition coefficient (Wildman–Crippen LogP) is 2.74. The van der Waals surface area contributed by atoms with Crippen LogP contribution in [0.4, 0.5) is 0 Å². The monoisotopic (exact) mass is 408 g/mol. The number of hydrogen-bond acceptors (Lipinski definition) is 4. The third kappa shape index (κ3) is 4.42. The molecule has 2 N–H and O–H groups in total. The molecule has 1 heterocycles. The normalized spacial score (nSPS) is 16.7. The Hall–Kier alpha value is -3.02. The van der Waals surface area contributed by atoms with Crippen molar-refractivity contribution in [3.8, 4) is 11.5 Å². The van der Waals surface area contributed by atoms with Crippen molar-refractivity contribution in [1.82, 2.24) is 10.6 Å². The van der Waals surface area contributed by atoms with Gasteiger partial charge in [0.15, 0.2) is 11.5 Å². The van der Waals surface area contributed by atoms with E-state index in [2.05, 4.69) is 10.6 Å². The Bertz CT molecular complexity index is 891. The molecule has 1 saturated carbocycles. The number of ether oxygens (including phenoxy) is 2. The summed E-state index contributed by atoms with van der Waals surface area (Å²) in [7, 11) is 0. The number of hydrogen-bond donors (Lipinski definition) is 2. The first-order valence-electron chi connectivity index (χ1n) is 10.7. The fraction of sp³-hybridized carbons (Fsp3) is 0.417. The van der Waals surface area contributed by atoms with Crippen molar-refractivity contribution in [2.75, 3.05) is 26.3 Å². The zero-order valence-corrected chi connectivity index (χ0v) is 17.1. The van der Waals surface area contributed by atoms with Gasteiger partial charge in [-0.25, -0.2) is 0 Å². The molecule has 2 aromatic rings. The van der Waals surface area contributed by atoms with Crippen LogP contribution in [0.3, 0.4) is 0 Å². The van der Waals surface area contributed by atoms with Gasteiger partial charge in [0.2, 0.25) is 11.8 Å². The van der Waals surface area contributed by atoms with Crippen molar-refractivity contribution in [2.24, 2.45) is 0 Å². The Kier molecular flexibility index (Phi) is 6.21. The van der Waals surface area contributed by atoms with E-state index in [0.29, 0.717) is 38.5 Å². The van der Waals surface area contributed by atoms with E-state index in [1.54, 1.807) is 0 Å². The number of benzene rings is 2. The van der Waals surface area contributed by atoms with Crippen LogP contribution in [-0.4, -0.2) is 38.1 Å². The Labute approximate surface area is 177 Å². The fourth-order valence-corrected chi connectivity index (χ4v) is 4.36. The molecule has 6 heteroatoms. The maximum Gasteiger partial charge on any atom is 0.230 e. The highest BCUT2D eigenvalue weighted by Gasteiger charge is 2.43. The molecule has 1 aliphatic carbocycles. The average Bonchev–Trinajstić information content (AvgIpc) is 3.28. The molecule has 0 atom stereocenters. The lowest BCUT2D eigenvalue weighted by atomic mass is 9.77. The third-order valence-corrected chi connectivity index (χ3v) is 5.93. The number of fused-ring (bicyclic) bond motifs is 1. The highest BCUT2D eigenvalue weighted by atomic mass is 16.6. The molecule has 4 rings (SSSR count). The quantitative estimate of drug-likeness (QED) is 0.691. The summed E-state index contributed by atoms with van der Waals surface area (Å²) in [5.74, 6) is 1.43. The molecule has 2 aliphatic rings. The van der Waals surface area contributed by atoms with Crippen molar-refractivity contribution in [3.63, 3.8) is 0 Å². The zero-order valence-electron chi connectivity index (χ0n) is 17.1. The molecule has 0 unspecified atom stereocenters. The van der Waals surface area contributed by atoms with E-state index in [-0.39, 0.29) is 11.8 Å². The summed E-state index contributed by atoms with van der Waals surface area (Å²) in [6, 6.07) is 15.5. The first kappa shape index (κ1) is 20.3. The molecule has 0 radical (unpaired) electrons. The van der Waals surface area contributed by atoms with Crippen molar-refractivity contribution >= 4 is 11.8 Å². The summed E-state index contributed by atoms with van der Waals surface area (Å²) < 4.78 is 11.3. The molecule has 6 nitrogen and oxygen atoms in total. The largest absolute Gasteiger partial charge is 0.486 e. The van der Waals surface area contributed by atoms with Crippen LogP contribution in [-0.2, 0) is 21.4 Å².